The number of rotatable bonds is 21. The summed E-state index contributed by atoms with van der Waals surface area (Å²) in [6.07, 6.45) is 0.646. The van der Waals surface area contributed by atoms with Crippen LogP contribution in [0.4, 0.5) is 0 Å². The van der Waals surface area contributed by atoms with E-state index in [0.717, 1.165) is 0 Å². The van der Waals surface area contributed by atoms with Gasteiger partial charge in [-0.3, -0.25) is 34.0 Å². The first-order chi connectivity index (χ1) is 23.6. The first kappa shape index (κ1) is 41.9. The van der Waals surface area contributed by atoms with Gasteiger partial charge in [-0.05, 0) is 31.0 Å². The molecule has 0 spiro atoms. The maximum Gasteiger partial charge on any atom is 0.323 e. The summed E-state index contributed by atoms with van der Waals surface area (Å²) in [5.41, 5.74) is 0.701. The lowest BCUT2D eigenvalue weighted by molar-refractivity contribution is -0.148. The van der Waals surface area contributed by atoms with E-state index in [9.17, 15) is 49.8 Å². The summed E-state index contributed by atoms with van der Waals surface area (Å²) in [6.45, 7) is 2.52. The number of ether oxygens (including phenoxy) is 3. The van der Waals surface area contributed by atoms with Crippen LogP contribution in [0.15, 0.2) is 24.3 Å². The topological polar surface area (TPSA) is 230 Å². The number of carboxylic acid groups (broad SMARTS) is 3. The maximum absolute atomic E-state index is 12.7. The quantitative estimate of drug-likeness (QED) is 0.0590. The molecule has 17 heteroatoms. The molecule has 0 bridgehead atoms. The number of hydrogen-bond donors (Lipinski definition) is 6. The molecule has 0 saturated carbocycles. The molecule has 0 aromatic heterocycles. The maximum atomic E-state index is 12.7. The largest absolute Gasteiger partial charge is 0.491 e. The lowest BCUT2D eigenvalue weighted by Crippen LogP contribution is -2.57. The number of aliphatic carboxylic acids is 3. The summed E-state index contributed by atoms with van der Waals surface area (Å²) in [5, 5.41) is 59.6. The highest BCUT2D eigenvalue weighted by Crippen LogP contribution is 2.17. The van der Waals surface area contributed by atoms with E-state index in [1.165, 1.54) is 9.80 Å². The van der Waals surface area contributed by atoms with E-state index in [0.29, 0.717) is 50.6 Å². The molecule has 0 radical (unpaired) electrons. The molecular formula is C32H52N4O13. The van der Waals surface area contributed by atoms with Gasteiger partial charge in [0, 0.05) is 59.0 Å². The first-order valence-corrected chi connectivity index (χ1v) is 16.4. The Balaban J connectivity index is 2.30. The molecule has 49 heavy (non-hydrogen) atoms. The SMILES string of the molecule is CCOCCOCCOc1ccc(CC(C(=O)O)N2CCN(C(C=O)CO)CCN(C(CO)C(=O)O)CCN(C(CO)C(=O)O)CC2)cc1. The van der Waals surface area contributed by atoms with Crippen molar-refractivity contribution in [3.8, 4) is 5.75 Å². The molecule has 4 atom stereocenters. The highest BCUT2D eigenvalue weighted by Gasteiger charge is 2.33. The van der Waals surface area contributed by atoms with Crippen LogP contribution in [0.2, 0.25) is 0 Å². The minimum Gasteiger partial charge on any atom is -0.491 e. The molecule has 0 amide bonds. The van der Waals surface area contributed by atoms with Gasteiger partial charge in [0.05, 0.1) is 45.7 Å². The van der Waals surface area contributed by atoms with Crippen LogP contribution in [0.25, 0.3) is 0 Å². The normalized spacial score (nSPS) is 18.8. The number of aliphatic hydroxyl groups excluding tert-OH is 3. The van der Waals surface area contributed by atoms with Crippen LogP contribution in [0.1, 0.15) is 12.5 Å². The summed E-state index contributed by atoms with van der Waals surface area (Å²) in [6, 6.07) is 2.28. The second-order valence-corrected chi connectivity index (χ2v) is 11.5. The molecule has 0 aliphatic carbocycles. The standard InChI is InChI=1S/C32H52N4O13/c1-2-47-15-16-48-17-18-49-26-5-3-24(4-6-26)19-27(30(41)42)34-9-7-33(25(20-37)21-38)8-10-35(28(22-39)31(43)44)13-14-36(12-11-34)29(23-40)32(45)46/h3-6,20,25,27-29,38-40H,2,7-19,21-23H2,1H3,(H,41,42)(H,43,44)(H,45,46). The van der Waals surface area contributed by atoms with Crippen LogP contribution in [-0.4, -0.2) is 204 Å². The molecule has 2 rings (SSSR count). The fourth-order valence-corrected chi connectivity index (χ4v) is 5.59. The number of carbonyl (C=O) groups excluding carboxylic acids is 1. The summed E-state index contributed by atoms with van der Waals surface area (Å²) in [7, 11) is 0. The summed E-state index contributed by atoms with van der Waals surface area (Å²) >= 11 is 0. The number of aliphatic hydroxyl groups is 3. The number of benzene rings is 1. The fourth-order valence-electron chi connectivity index (χ4n) is 5.59. The predicted octanol–water partition coefficient (Wildman–Crippen LogP) is -2.21. The third-order valence-electron chi connectivity index (χ3n) is 8.46. The third kappa shape index (κ3) is 14.2. The van der Waals surface area contributed by atoms with Crippen molar-refractivity contribution in [3.05, 3.63) is 29.8 Å². The Morgan fingerprint density at radius 1 is 0.653 bits per heavy atom. The molecule has 1 aliphatic heterocycles. The van der Waals surface area contributed by atoms with E-state index in [1.54, 1.807) is 34.1 Å². The number of carboxylic acids is 3. The fraction of sp³-hybridized carbons (Fsp3) is 0.688. The molecule has 1 aromatic carbocycles. The first-order valence-electron chi connectivity index (χ1n) is 16.4. The Morgan fingerprint density at radius 2 is 1.08 bits per heavy atom. The number of aldehydes is 1. The third-order valence-corrected chi connectivity index (χ3v) is 8.46. The number of nitrogens with zero attached hydrogens (tertiary/aromatic N) is 4. The van der Waals surface area contributed by atoms with Crippen molar-refractivity contribution in [1.82, 2.24) is 19.6 Å². The molecule has 1 aliphatic rings. The Hall–Kier alpha value is -3.26. The van der Waals surface area contributed by atoms with Crippen molar-refractivity contribution < 1.29 is 64.0 Å². The average molecular weight is 701 g/mol. The van der Waals surface area contributed by atoms with Crippen molar-refractivity contribution in [2.24, 2.45) is 0 Å². The number of carbonyl (C=O) groups is 4. The highest BCUT2D eigenvalue weighted by molar-refractivity contribution is 5.74. The van der Waals surface area contributed by atoms with Gasteiger partial charge < -0.3 is 49.6 Å². The van der Waals surface area contributed by atoms with E-state index in [4.69, 9.17) is 14.2 Å². The van der Waals surface area contributed by atoms with Crippen molar-refractivity contribution in [3.63, 3.8) is 0 Å². The molecule has 1 heterocycles. The Bertz CT molecular complexity index is 1130. The lowest BCUT2D eigenvalue weighted by atomic mass is 10.0. The van der Waals surface area contributed by atoms with E-state index < -0.39 is 61.9 Å². The van der Waals surface area contributed by atoms with E-state index >= 15 is 0 Å². The highest BCUT2D eigenvalue weighted by atomic mass is 16.5. The minimum absolute atomic E-state index is 0.00252. The van der Waals surface area contributed by atoms with Crippen molar-refractivity contribution in [2.75, 3.05) is 105 Å². The predicted molar refractivity (Wildman–Crippen MR) is 175 cm³/mol. The molecular weight excluding hydrogens is 648 g/mol. The van der Waals surface area contributed by atoms with E-state index in [2.05, 4.69) is 0 Å². The molecule has 1 aromatic rings. The second kappa shape index (κ2) is 23.2. The minimum atomic E-state index is -1.35. The molecule has 4 unspecified atom stereocenters. The molecule has 17 nitrogen and oxygen atoms in total. The summed E-state index contributed by atoms with van der Waals surface area (Å²) in [5.74, 6) is -3.15. The molecule has 6 N–H and O–H groups in total. The van der Waals surface area contributed by atoms with E-state index in [-0.39, 0.29) is 58.8 Å². The number of hydrogen-bond acceptors (Lipinski definition) is 14. The van der Waals surface area contributed by atoms with Gasteiger partial charge in [-0.1, -0.05) is 12.1 Å². The molecule has 278 valence electrons. The van der Waals surface area contributed by atoms with Crippen LogP contribution in [0.3, 0.4) is 0 Å². The van der Waals surface area contributed by atoms with Crippen LogP contribution in [-0.2, 0) is 35.1 Å². The van der Waals surface area contributed by atoms with Crippen LogP contribution >= 0.6 is 0 Å². The monoisotopic (exact) mass is 700 g/mol. The van der Waals surface area contributed by atoms with Crippen molar-refractivity contribution in [1.29, 1.82) is 0 Å². The van der Waals surface area contributed by atoms with Gasteiger partial charge in [0.2, 0.25) is 0 Å². The zero-order valence-corrected chi connectivity index (χ0v) is 28.0. The van der Waals surface area contributed by atoms with Gasteiger partial charge in [0.25, 0.3) is 0 Å². The van der Waals surface area contributed by atoms with Crippen molar-refractivity contribution >= 4 is 24.2 Å². The smallest absolute Gasteiger partial charge is 0.323 e. The van der Waals surface area contributed by atoms with Gasteiger partial charge in [-0.2, -0.15) is 0 Å². The second-order valence-electron chi connectivity index (χ2n) is 11.5. The average Bonchev–Trinajstić information content (AvgIpc) is 3.07. The van der Waals surface area contributed by atoms with Gasteiger partial charge >= 0.3 is 17.9 Å². The Kier molecular flexibility index (Phi) is 19.8. The Morgan fingerprint density at radius 3 is 1.49 bits per heavy atom. The van der Waals surface area contributed by atoms with Gasteiger partial charge in [0.1, 0.15) is 36.8 Å². The summed E-state index contributed by atoms with van der Waals surface area (Å²) in [4.78, 5) is 54.7. The van der Waals surface area contributed by atoms with Gasteiger partial charge in [-0.15, -0.1) is 0 Å². The summed E-state index contributed by atoms with van der Waals surface area (Å²) < 4.78 is 16.4. The van der Waals surface area contributed by atoms with Gasteiger partial charge in [0.15, 0.2) is 0 Å². The molecule has 1 fully saturated rings. The van der Waals surface area contributed by atoms with E-state index in [1.807, 2.05) is 6.92 Å². The molecule has 1 saturated heterocycles. The zero-order valence-electron chi connectivity index (χ0n) is 28.0. The van der Waals surface area contributed by atoms with Gasteiger partial charge in [-0.25, -0.2) is 0 Å². The van der Waals surface area contributed by atoms with Crippen LogP contribution in [0.5, 0.6) is 5.75 Å². The lowest BCUT2D eigenvalue weighted by Gasteiger charge is -2.39. The van der Waals surface area contributed by atoms with Crippen LogP contribution < -0.4 is 4.74 Å². The van der Waals surface area contributed by atoms with Crippen molar-refractivity contribution in [2.45, 2.75) is 37.5 Å². The zero-order chi connectivity index (χ0) is 36.2. The Labute approximate surface area is 286 Å². The van der Waals surface area contributed by atoms with Crippen LogP contribution in [0, 0.1) is 0 Å².